The zero-order valence-corrected chi connectivity index (χ0v) is 27.7. The molecule has 1 amide bonds. The van der Waals surface area contributed by atoms with E-state index in [2.05, 4.69) is 19.2 Å². The molecule has 0 fully saturated rings. The smallest absolute Gasteiger partial charge is 0.267 e. The SMILES string of the molecule is CCCCCCCCCCCCC/C=C/C(O)C(CS(=O)(=O)O)NC(=O)CCCCCCCCCCCCCCC. The highest BCUT2D eigenvalue weighted by Gasteiger charge is 2.24. The second-order valence-electron chi connectivity index (χ2n) is 12.2. The molecule has 2 atom stereocenters. The van der Waals surface area contributed by atoms with Gasteiger partial charge in [-0.15, -0.1) is 0 Å². The van der Waals surface area contributed by atoms with Crippen molar-refractivity contribution < 1.29 is 22.9 Å². The highest BCUT2D eigenvalue weighted by Crippen LogP contribution is 2.14. The number of aliphatic hydroxyl groups excluding tert-OH is 1. The molecule has 244 valence electrons. The summed E-state index contributed by atoms with van der Waals surface area (Å²) in [5.41, 5.74) is 0. The van der Waals surface area contributed by atoms with Gasteiger partial charge >= 0.3 is 0 Å². The Kier molecular flexibility index (Phi) is 28.5. The Morgan fingerprint density at radius 3 is 1.39 bits per heavy atom. The minimum absolute atomic E-state index is 0.278. The summed E-state index contributed by atoms with van der Waals surface area (Å²) in [5.74, 6) is -0.971. The van der Waals surface area contributed by atoms with Crippen LogP contribution in [0.5, 0.6) is 0 Å². The van der Waals surface area contributed by atoms with Gasteiger partial charge in [0.05, 0.1) is 17.9 Å². The number of carbonyl (C=O) groups is 1. The minimum Gasteiger partial charge on any atom is -0.387 e. The van der Waals surface area contributed by atoms with Gasteiger partial charge in [-0.3, -0.25) is 9.35 Å². The fraction of sp³-hybridized carbons (Fsp3) is 0.912. The number of nitrogens with one attached hydrogen (secondary N) is 1. The number of aliphatic hydroxyl groups is 1. The monoisotopic (exact) mass is 601 g/mol. The normalized spacial score (nSPS) is 13.6. The summed E-state index contributed by atoms with van der Waals surface area (Å²) in [5, 5.41) is 13.1. The molecule has 0 bridgehead atoms. The van der Waals surface area contributed by atoms with Crippen LogP contribution in [0.25, 0.3) is 0 Å². The Morgan fingerprint density at radius 1 is 0.634 bits per heavy atom. The van der Waals surface area contributed by atoms with Crippen molar-refractivity contribution in [2.45, 2.75) is 193 Å². The van der Waals surface area contributed by atoms with Crippen LogP contribution < -0.4 is 5.32 Å². The average Bonchev–Trinajstić information content (AvgIpc) is 2.92. The van der Waals surface area contributed by atoms with Crippen LogP contribution in [-0.4, -0.2) is 41.9 Å². The lowest BCUT2D eigenvalue weighted by Gasteiger charge is -2.21. The predicted molar refractivity (Wildman–Crippen MR) is 175 cm³/mol. The average molecular weight is 602 g/mol. The van der Waals surface area contributed by atoms with Crippen LogP contribution in [-0.2, 0) is 14.9 Å². The van der Waals surface area contributed by atoms with E-state index in [4.69, 9.17) is 0 Å². The molecule has 0 saturated carbocycles. The Hall–Kier alpha value is -0.920. The topological polar surface area (TPSA) is 104 Å². The van der Waals surface area contributed by atoms with E-state index < -0.39 is 28.0 Å². The maximum Gasteiger partial charge on any atom is 0.267 e. The first-order chi connectivity index (χ1) is 19.8. The van der Waals surface area contributed by atoms with E-state index >= 15 is 0 Å². The van der Waals surface area contributed by atoms with Crippen molar-refractivity contribution >= 4 is 16.0 Å². The van der Waals surface area contributed by atoms with Crippen LogP contribution in [0.3, 0.4) is 0 Å². The molecular weight excluding hydrogens is 534 g/mol. The molecule has 0 spiro atoms. The summed E-state index contributed by atoms with van der Waals surface area (Å²) in [6, 6.07) is -1.05. The molecule has 2 unspecified atom stereocenters. The summed E-state index contributed by atoms with van der Waals surface area (Å²) < 4.78 is 32.3. The molecular formula is C34H67NO5S. The Bertz CT molecular complexity index is 710. The molecule has 7 heteroatoms. The van der Waals surface area contributed by atoms with E-state index in [-0.39, 0.29) is 5.91 Å². The lowest BCUT2D eigenvalue weighted by atomic mass is 10.0. The van der Waals surface area contributed by atoms with Crippen LogP contribution in [0, 0.1) is 0 Å². The standard InChI is InChI=1S/C34H67NO5S/c1-3-5-7-9-11-13-15-17-19-21-23-25-27-29-33(36)32(31-41(38,39)40)35-34(37)30-28-26-24-22-20-18-16-14-12-10-8-6-4-2/h27,29,32-33,36H,3-26,28,30-31H2,1-2H3,(H,35,37)(H,38,39,40)/b29-27+. The van der Waals surface area contributed by atoms with E-state index in [1.54, 1.807) is 6.08 Å². The number of unbranched alkanes of at least 4 members (excludes halogenated alkanes) is 23. The Labute approximate surface area is 254 Å². The molecule has 0 saturated heterocycles. The highest BCUT2D eigenvalue weighted by molar-refractivity contribution is 7.85. The quantitative estimate of drug-likeness (QED) is 0.0417. The number of rotatable bonds is 31. The van der Waals surface area contributed by atoms with Gasteiger partial charge in [0, 0.05) is 6.42 Å². The van der Waals surface area contributed by atoms with Gasteiger partial charge in [-0.05, 0) is 19.3 Å². The number of carbonyl (C=O) groups excluding carboxylic acids is 1. The van der Waals surface area contributed by atoms with E-state index in [0.717, 1.165) is 38.5 Å². The zero-order valence-electron chi connectivity index (χ0n) is 26.9. The van der Waals surface area contributed by atoms with Gasteiger partial charge in [0.1, 0.15) is 0 Å². The minimum atomic E-state index is -4.33. The fourth-order valence-electron chi connectivity index (χ4n) is 5.33. The van der Waals surface area contributed by atoms with Crippen molar-refractivity contribution in [1.82, 2.24) is 5.32 Å². The third-order valence-electron chi connectivity index (χ3n) is 7.96. The van der Waals surface area contributed by atoms with Crippen molar-refractivity contribution in [1.29, 1.82) is 0 Å². The van der Waals surface area contributed by atoms with E-state index in [9.17, 15) is 22.9 Å². The van der Waals surface area contributed by atoms with Gasteiger partial charge in [-0.1, -0.05) is 167 Å². The summed E-state index contributed by atoms with van der Waals surface area (Å²) in [4.78, 5) is 12.4. The lowest BCUT2D eigenvalue weighted by Crippen LogP contribution is -2.46. The summed E-state index contributed by atoms with van der Waals surface area (Å²) >= 11 is 0. The molecule has 0 radical (unpaired) electrons. The lowest BCUT2D eigenvalue weighted by molar-refractivity contribution is -0.122. The van der Waals surface area contributed by atoms with Gasteiger partial charge < -0.3 is 10.4 Å². The summed E-state index contributed by atoms with van der Waals surface area (Å²) in [6.45, 7) is 4.49. The first-order valence-corrected chi connectivity index (χ1v) is 19.0. The van der Waals surface area contributed by atoms with E-state index in [1.807, 2.05) is 6.08 Å². The summed E-state index contributed by atoms with van der Waals surface area (Å²) in [6.07, 6.45) is 33.3. The number of amides is 1. The molecule has 0 heterocycles. The maximum absolute atomic E-state index is 12.4. The molecule has 0 rings (SSSR count). The van der Waals surface area contributed by atoms with Crippen LogP contribution in [0.1, 0.15) is 181 Å². The van der Waals surface area contributed by atoms with E-state index in [1.165, 1.54) is 122 Å². The van der Waals surface area contributed by atoms with Gasteiger partial charge in [0.25, 0.3) is 10.1 Å². The van der Waals surface area contributed by atoms with Gasteiger partial charge in [-0.25, -0.2) is 0 Å². The molecule has 0 aromatic rings. The van der Waals surface area contributed by atoms with Crippen LogP contribution >= 0.6 is 0 Å². The molecule has 0 aliphatic carbocycles. The van der Waals surface area contributed by atoms with Crippen LogP contribution in [0.2, 0.25) is 0 Å². The Balaban J connectivity index is 4.01. The largest absolute Gasteiger partial charge is 0.387 e. The highest BCUT2D eigenvalue weighted by atomic mass is 32.2. The third kappa shape index (κ3) is 30.3. The Morgan fingerprint density at radius 2 is 1.00 bits per heavy atom. The molecule has 41 heavy (non-hydrogen) atoms. The number of hydrogen-bond acceptors (Lipinski definition) is 4. The van der Waals surface area contributed by atoms with Crippen molar-refractivity contribution in [3.05, 3.63) is 12.2 Å². The molecule has 0 aliphatic rings. The van der Waals surface area contributed by atoms with Crippen molar-refractivity contribution in [2.75, 3.05) is 5.75 Å². The van der Waals surface area contributed by atoms with Gasteiger partial charge in [-0.2, -0.15) is 8.42 Å². The second kappa shape index (κ2) is 29.2. The van der Waals surface area contributed by atoms with Crippen LogP contribution in [0.4, 0.5) is 0 Å². The van der Waals surface area contributed by atoms with Crippen LogP contribution in [0.15, 0.2) is 12.2 Å². The summed E-state index contributed by atoms with van der Waals surface area (Å²) in [7, 11) is -4.33. The molecule has 0 aliphatic heterocycles. The van der Waals surface area contributed by atoms with Gasteiger partial charge in [0.2, 0.25) is 5.91 Å². The van der Waals surface area contributed by atoms with Crippen molar-refractivity contribution in [3.63, 3.8) is 0 Å². The predicted octanol–water partition coefficient (Wildman–Crippen LogP) is 9.46. The molecule has 6 nitrogen and oxygen atoms in total. The second-order valence-corrected chi connectivity index (χ2v) is 13.7. The molecule has 0 aromatic carbocycles. The molecule has 3 N–H and O–H groups in total. The van der Waals surface area contributed by atoms with E-state index in [0.29, 0.717) is 6.42 Å². The van der Waals surface area contributed by atoms with Gasteiger partial charge in [0.15, 0.2) is 0 Å². The maximum atomic E-state index is 12.4. The van der Waals surface area contributed by atoms with Crippen molar-refractivity contribution in [3.8, 4) is 0 Å². The first kappa shape index (κ1) is 40.1. The third-order valence-corrected chi connectivity index (χ3v) is 8.74. The van der Waals surface area contributed by atoms with Crippen molar-refractivity contribution in [2.24, 2.45) is 0 Å². The number of hydrogen-bond donors (Lipinski definition) is 3. The number of allylic oxidation sites excluding steroid dienone is 1. The zero-order chi connectivity index (χ0) is 30.4. The fourth-order valence-corrected chi connectivity index (χ4v) is 6.07. The first-order valence-electron chi connectivity index (χ1n) is 17.4. The molecule has 0 aromatic heterocycles.